The van der Waals surface area contributed by atoms with Crippen LogP contribution in [0.1, 0.15) is 29.8 Å². The average molecular weight is 494 g/mol. The van der Waals surface area contributed by atoms with Gasteiger partial charge in [0, 0.05) is 16.6 Å². The highest BCUT2D eigenvalue weighted by Crippen LogP contribution is 2.32. The Kier molecular flexibility index (Phi) is 7.14. The smallest absolute Gasteiger partial charge is 0.338 e. The lowest BCUT2D eigenvalue weighted by Crippen LogP contribution is -2.23. The molecule has 0 aliphatic rings. The third-order valence-corrected chi connectivity index (χ3v) is 6.96. The van der Waals surface area contributed by atoms with Gasteiger partial charge in [0.05, 0.1) is 22.8 Å². The van der Waals surface area contributed by atoms with Gasteiger partial charge in [-0.3, -0.25) is 9.59 Å². The van der Waals surface area contributed by atoms with Gasteiger partial charge in [-0.05, 0) is 50.6 Å². The quantitative estimate of drug-likeness (QED) is 0.207. The van der Waals surface area contributed by atoms with Gasteiger partial charge < -0.3 is 15.0 Å². The van der Waals surface area contributed by atoms with Crippen molar-refractivity contribution in [3.05, 3.63) is 75.4 Å². The normalized spacial score (nSPS) is 11.9. The molecule has 2 N–H and O–H groups in total. The average Bonchev–Trinajstić information content (AvgIpc) is 3.24. The van der Waals surface area contributed by atoms with Gasteiger partial charge in [0.2, 0.25) is 5.91 Å². The number of carbonyl (C=O) groups is 2. The minimum absolute atomic E-state index is 0.230. The first-order valence-electron chi connectivity index (χ1n) is 10.7. The van der Waals surface area contributed by atoms with E-state index in [-0.39, 0.29) is 11.5 Å². The first-order valence-corrected chi connectivity index (χ1v) is 12.4. The molecule has 4 rings (SSSR count). The number of aromatic amines is 1. The molecule has 1 amide bonds. The molecule has 0 spiro atoms. The number of hydrogen-bond acceptors (Lipinski definition) is 7. The summed E-state index contributed by atoms with van der Waals surface area (Å²) in [4.78, 5) is 45.3. The minimum atomic E-state index is -0.512. The predicted molar refractivity (Wildman–Crippen MR) is 137 cm³/mol. The summed E-state index contributed by atoms with van der Waals surface area (Å²) in [5.41, 5.74) is 3.71. The molecule has 2 aromatic carbocycles. The number of hydrogen-bond donors (Lipinski definition) is 2. The number of nitrogens with zero attached hydrogens (tertiary/aromatic N) is 1. The fourth-order valence-electron chi connectivity index (χ4n) is 3.30. The Bertz CT molecular complexity index is 1390. The molecule has 0 fully saturated rings. The van der Waals surface area contributed by atoms with Gasteiger partial charge in [-0.25, -0.2) is 9.78 Å². The van der Waals surface area contributed by atoms with Crippen LogP contribution in [0, 0.1) is 6.92 Å². The van der Waals surface area contributed by atoms with E-state index in [1.165, 1.54) is 23.1 Å². The van der Waals surface area contributed by atoms with E-state index in [1.807, 2.05) is 36.6 Å². The number of nitrogens with one attached hydrogen (secondary N) is 2. The summed E-state index contributed by atoms with van der Waals surface area (Å²) in [6, 6.07) is 14.5. The second-order valence-corrected chi connectivity index (χ2v) is 9.80. The van der Waals surface area contributed by atoms with Gasteiger partial charge in [-0.1, -0.05) is 41.6 Å². The van der Waals surface area contributed by atoms with Gasteiger partial charge in [0.1, 0.15) is 4.83 Å². The lowest BCUT2D eigenvalue weighted by Gasteiger charge is -2.12. The Balaban J connectivity index is 1.47. The fraction of sp³-hybridized carbons (Fsp3) is 0.200. The van der Waals surface area contributed by atoms with Gasteiger partial charge in [0.25, 0.3) is 5.56 Å². The van der Waals surface area contributed by atoms with E-state index in [0.717, 1.165) is 16.7 Å². The number of esters is 1. The number of thiophene rings is 1. The Morgan fingerprint density at radius 3 is 2.53 bits per heavy atom. The number of anilines is 1. The molecular weight excluding hydrogens is 470 g/mol. The Labute approximate surface area is 204 Å². The maximum Gasteiger partial charge on any atom is 0.338 e. The molecule has 2 heterocycles. The van der Waals surface area contributed by atoms with Crippen molar-refractivity contribution in [2.45, 2.75) is 31.2 Å². The van der Waals surface area contributed by atoms with Crippen molar-refractivity contribution in [3.8, 4) is 11.1 Å². The molecule has 9 heteroatoms. The molecule has 0 saturated heterocycles. The van der Waals surface area contributed by atoms with E-state index >= 15 is 0 Å². The number of carbonyl (C=O) groups excluding carboxylic acids is 2. The molecule has 0 radical (unpaired) electrons. The number of ether oxygens (including phenoxy) is 1. The van der Waals surface area contributed by atoms with Crippen LogP contribution in [0.15, 0.2) is 63.9 Å². The van der Waals surface area contributed by atoms with Crippen molar-refractivity contribution in [1.82, 2.24) is 9.97 Å². The van der Waals surface area contributed by atoms with Crippen LogP contribution >= 0.6 is 23.1 Å². The maximum absolute atomic E-state index is 12.9. The summed E-state index contributed by atoms with van der Waals surface area (Å²) in [7, 11) is 0. The molecule has 0 aliphatic heterocycles. The number of H-pyrrole nitrogens is 1. The number of amides is 1. The highest BCUT2D eigenvalue weighted by molar-refractivity contribution is 8.00. The Morgan fingerprint density at radius 1 is 1.15 bits per heavy atom. The lowest BCUT2D eigenvalue weighted by atomic mass is 10.1. The predicted octanol–water partition coefficient (Wildman–Crippen LogP) is 5.26. The Morgan fingerprint density at radius 2 is 1.85 bits per heavy atom. The van der Waals surface area contributed by atoms with Gasteiger partial charge >= 0.3 is 5.97 Å². The van der Waals surface area contributed by atoms with E-state index in [4.69, 9.17) is 4.74 Å². The SMILES string of the molecule is CCOC(=O)c1ccc(NC(=O)C(C)Sc2nc3scc(-c4ccc(C)cc4)c3c(=O)[nH]2)cc1. The largest absolute Gasteiger partial charge is 0.462 e. The van der Waals surface area contributed by atoms with Crippen molar-refractivity contribution < 1.29 is 14.3 Å². The number of benzene rings is 2. The molecular formula is C25H23N3O4S2. The molecule has 174 valence electrons. The summed E-state index contributed by atoms with van der Waals surface area (Å²) in [6.45, 7) is 5.80. The summed E-state index contributed by atoms with van der Waals surface area (Å²) < 4.78 is 4.96. The Hall–Kier alpha value is -3.43. The highest BCUT2D eigenvalue weighted by atomic mass is 32.2. The standard InChI is InChI=1S/C25H23N3O4S2/c1-4-32-24(31)17-9-11-18(12-10-17)26-21(29)15(3)34-25-27-22(30)20-19(13-33-23(20)28-25)16-7-5-14(2)6-8-16/h5-13,15H,4H2,1-3H3,(H,26,29)(H,27,28,30). The van der Waals surface area contributed by atoms with E-state index in [0.29, 0.717) is 33.2 Å². The monoisotopic (exact) mass is 493 g/mol. The van der Waals surface area contributed by atoms with Crippen LogP contribution in [0.25, 0.3) is 21.3 Å². The van der Waals surface area contributed by atoms with Crippen molar-refractivity contribution in [3.63, 3.8) is 0 Å². The third-order valence-electron chi connectivity index (χ3n) is 5.11. The fourth-order valence-corrected chi connectivity index (χ4v) is 5.10. The van der Waals surface area contributed by atoms with E-state index in [1.54, 1.807) is 38.1 Å². The van der Waals surface area contributed by atoms with Crippen LogP contribution in [0.3, 0.4) is 0 Å². The highest BCUT2D eigenvalue weighted by Gasteiger charge is 2.19. The summed E-state index contributed by atoms with van der Waals surface area (Å²) in [5, 5.41) is 5.17. The van der Waals surface area contributed by atoms with Crippen LogP contribution in [0.2, 0.25) is 0 Å². The van der Waals surface area contributed by atoms with Crippen molar-refractivity contribution in [2.75, 3.05) is 11.9 Å². The number of fused-ring (bicyclic) bond motifs is 1. The van der Waals surface area contributed by atoms with E-state index in [2.05, 4.69) is 15.3 Å². The van der Waals surface area contributed by atoms with Gasteiger partial charge in [0.15, 0.2) is 5.16 Å². The summed E-state index contributed by atoms with van der Waals surface area (Å²) in [6.07, 6.45) is 0. The molecule has 0 aliphatic carbocycles. The molecule has 0 saturated carbocycles. The van der Waals surface area contributed by atoms with Gasteiger partial charge in [-0.2, -0.15) is 0 Å². The zero-order valence-corrected chi connectivity index (χ0v) is 20.5. The second-order valence-electron chi connectivity index (χ2n) is 7.61. The number of thioether (sulfide) groups is 1. The molecule has 34 heavy (non-hydrogen) atoms. The molecule has 0 bridgehead atoms. The van der Waals surface area contributed by atoms with Crippen molar-refractivity contribution >= 4 is 50.9 Å². The van der Waals surface area contributed by atoms with E-state index in [9.17, 15) is 14.4 Å². The lowest BCUT2D eigenvalue weighted by molar-refractivity contribution is -0.115. The van der Waals surface area contributed by atoms with Gasteiger partial charge in [-0.15, -0.1) is 11.3 Å². The van der Waals surface area contributed by atoms with Crippen LogP contribution < -0.4 is 10.9 Å². The minimum Gasteiger partial charge on any atom is -0.462 e. The van der Waals surface area contributed by atoms with Crippen LogP contribution in [0.4, 0.5) is 5.69 Å². The van der Waals surface area contributed by atoms with Crippen LogP contribution in [-0.4, -0.2) is 33.7 Å². The number of aromatic nitrogens is 2. The second kappa shape index (κ2) is 10.2. The first kappa shape index (κ1) is 23.7. The molecule has 7 nitrogen and oxygen atoms in total. The zero-order chi connectivity index (χ0) is 24.2. The molecule has 1 atom stereocenters. The number of rotatable bonds is 7. The van der Waals surface area contributed by atoms with E-state index < -0.39 is 11.2 Å². The third kappa shape index (κ3) is 5.21. The summed E-state index contributed by atoms with van der Waals surface area (Å²) in [5.74, 6) is -0.656. The van der Waals surface area contributed by atoms with Crippen LogP contribution in [-0.2, 0) is 9.53 Å². The molecule has 4 aromatic rings. The zero-order valence-electron chi connectivity index (χ0n) is 18.9. The topological polar surface area (TPSA) is 101 Å². The van der Waals surface area contributed by atoms with Crippen molar-refractivity contribution in [1.29, 1.82) is 0 Å². The number of aryl methyl sites for hydroxylation is 1. The summed E-state index contributed by atoms with van der Waals surface area (Å²) >= 11 is 2.58. The molecule has 1 unspecified atom stereocenters. The maximum atomic E-state index is 12.9. The first-order chi connectivity index (χ1) is 16.4. The van der Waals surface area contributed by atoms with Crippen LogP contribution in [0.5, 0.6) is 0 Å². The van der Waals surface area contributed by atoms with Crippen molar-refractivity contribution in [2.24, 2.45) is 0 Å². The molecule has 2 aromatic heterocycles.